The van der Waals surface area contributed by atoms with Gasteiger partial charge >= 0.3 is 5.97 Å². The molecule has 2 N–H and O–H groups in total. The van der Waals surface area contributed by atoms with Gasteiger partial charge in [0.25, 0.3) is 0 Å². The summed E-state index contributed by atoms with van der Waals surface area (Å²) in [5.41, 5.74) is 2.61. The highest BCUT2D eigenvalue weighted by atomic mass is 32.1. The van der Waals surface area contributed by atoms with Crippen molar-refractivity contribution in [3.63, 3.8) is 0 Å². The first-order chi connectivity index (χ1) is 17.0. The predicted octanol–water partition coefficient (Wildman–Crippen LogP) is 5.62. The Hall–Kier alpha value is -4.17. The molecule has 0 saturated carbocycles. The number of rotatable bonds is 7. The summed E-state index contributed by atoms with van der Waals surface area (Å²) in [6.45, 7) is 2.53. The monoisotopic (exact) mass is 485 g/mol. The van der Waals surface area contributed by atoms with E-state index in [2.05, 4.69) is 10.3 Å². The molecular weight excluding hydrogens is 462 g/mol. The van der Waals surface area contributed by atoms with Crippen LogP contribution < -0.4 is 15.0 Å². The van der Waals surface area contributed by atoms with Crippen LogP contribution >= 0.6 is 12.2 Å². The molecule has 8 heteroatoms. The second-order valence-electron chi connectivity index (χ2n) is 8.01. The number of hydrogen-bond acceptors (Lipinski definition) is 5. The van der Waals surface area contributed by atoms with E-state index in [1.807, 2.05) is 72.5 Å². The second kappa shape index (κ2) is 9.60. The third kappa shape index (κ3) is 4.48. The lowest BCUT2D eigenvalue weighted by molar-refractivity contribution is 0.0697. The molecule has 4 aromatic rings. The Labute approximate surface area is 208 Å². The van der Waals surface area contributed by atoms with E-state index in [4.69, 9.17) is 21.4 Å². The summed E-state index contributed by atoms with van der Waals surface area (Å²) in [7, 11) is 0. The summed E-state index contributed by atoms with van der Waals surface area (Å²) >= 11 is 5.76. The zero-order valence-corrected chi connectivity index (χ0v) is 19.7. The zero-order valence-electron chi connectivity index (χ0n) is 18.9. The fourth-order valence-corrected chi connectivity index (χ4v) is 4.61. The van der Waals surface area contributed by atoms with Crippen molar-refractivity contribution in [1.82, 2.24) is 10.3 Å². The third-order valence-corrected chi connectivity index (χ3v) is 6.15. The number of benzene rings is 2. The molecule has 2 atom stereocenters. The summed E-state index contributed by atoms with van der Waals surface area (Å²) in [6, 6.07) is 23.4. The molecule has 1 fully saturated rings. The van der Waals surface area contributed by atoms with Crippen molar-refractivity contribution in [3.8, 4) is 17.1 Å². The van der Waals surface area contributed by atoms with Crippen LogP contribution in [-0.4, -0.2) is 27.8 Å². The van der Waals surface area contributed by atoms with Crippen molar-refractivity contribution in [1.29, 1.82) is 0 Å². The van der Waals surface area contributed by atoms with Crippen LogP contribution in [0.5, 0.6) is 5.75 Å². The normalized spacial score (nSPS) is 17.3. The summed E-state index contributed by atoms with van der Waals surface area (Å²) in [5, 5.41) is 13.3. The van der Waals surface area contributed by atoms with Crippen LogP contribution in [0.4, 0.5) is 5.69 Å². The molecule has 0 spiro atoms. The molecule has 5 rings (SSSR count). The number of pyridine rings is 1. The van der Waals surface area contributed by atoms with Gasteiger partial charge in [-0.2, -0.15) is 0 Å². The number of furan rings is 1. The Morgan fingerprint density at radius 3 is 2.66 bits per heavy atom. The number of nitrogens with zero attached hydrogens (tertiary/aromatic N) is 2. The predicted molar refractivity (Wildman–Crippen MR) is 137 cm³/mol. The molecule has 0 unspecified atom stereocenters. The van der Waals surface area contributed by atoms with Crippen LogP contribution in [0, 0.1) is 0 Å². The quantitative estimate of drug-likeness (QED) is 0.326. The summed E-state index contributed by atoms with van der Waals surface area (Å²) < 4.78 is 11.9. The second-order valence-corrected chi connectivity index (χ2v) is 8.40. The number of anilines is 1. The number of carbonyl (C=O) groups is 1. The topological polar surface area (TPSA) is 87.8 Å². The molecular formula is C27H23N3O4S. The molecule has 0 aliphatic carbocycles. The van der Waals surface area contributed by atoms with Crippen LogP contribution in [0.15, 0.2) is 89.5 Å². The first kappa shape index (κ1) is 22.6. The Morgan fingerprint density at radius 1 is 1.11 bits per heavy atom. The van der Waals surface area contributed by atoms with Crippen molar-refractivity contribution < 1.29 is 19.1 Å². The highest BCUT2D eigenvalue weighted by Gasteiger charge is 2.42. The molecule has 176 valence electrons. The molecule has 0 radical (unpaired) electrons. The zero-order chi connectivity index (χ0) is 24.4. The number of carboxylic acid groups (broad SMARTS) is 1. The largest absolute Gasteiger partial charge is 0.494 e. The van der Waals surface area contributed by atoms with E-state index in [-0.39, 0.29) is 17.6 Å². The molecule has 2 aromatic heterocycles. The summed E-state index contributed by atoms with van der Waals surface area (Å²) in [5.74, 6) is 1.05. The van der Waals surface area contributed by atoms with Gasteiger partial charge in [0, 0.05) is 17.4 Å². The average Bonchev–Trinajstić information content (AvgIpc) is 3.50. The number of nitrogens with one attached hydrogen (secondary N) is 1. The highest BCUT2D eigenvalue weighted by molar-refractivity contribution is 7.80. The van der Waals surface area contributed by atoms with Gasteiger partial charge in [0.2, 0.25) is 0 Å². The van der Waals surface area contributed by atoms with E-state index >= 15 is 0 Å². The lowest BCUT2D eigenvalue weighted by Crippen LogP contribution is -2.29. The van der Waals surface area contributed by atoms with Crippen molar-refractivity contribution in [2.75, 3.05) is 11.5 Å². The Balaban J connectivity index is 1.56. The number of thiocarbonyl (C=S) groups is 1. The molecule has 1 saturated heterocycles. The van der Waals surface area contributed by atoms with Crippen molar-refractivity contribution in [3.05, 3.63) is 102 Å². The molecule has 35 heavy (non-hydrogen) atoms. The minimum absolute atomic E-state index is 0.200. The van der Waals surface area contributed by atoms with Crippen molar-refractivity contribution >= 4 is 29.0 Å². The van der Waals surface area contributed by atoms with Gasteiger partial charge in [0.1, 0.15) is 23.3 Å². The maximum atomic E-state index is 11.4. The molecule has 7 nitrogen and oxygen atoms in total. The molecule has 3 heterocycles. The van der Waals surface area contributed by atoms with Crippen molar-refractivity contribution in [2.45, 2.75) is 19.0 Å². The van der Waals surface area contributed by atoms with Crippen LogP contribution in [0.1, 0.15) is 40.8 Å². The molecule has 0 bridgehead atoms. The molecule has 1 aliphatic rings. The Kier molecular flexibility index (Phi) is 6.20. The minimum Gasteiger partial charge on any atom is -0.494 e. The Bertz CT molecular complexity index is 1350. The van der Waals surface area contributed by atoms with Gasteiger partial charge < -0.3 is 24.5 Å². The van der Waals surface area contributed by atoms with Gasteiger partial charge in [-0.15, -0.1) is 0 Å². The molecule has 2 aromatic carbocycles. The van der Waals surface area contributed by atoms with Gasteiger partial charge in [-0.3, -0.25) is 4.98 Å². The fourth-order valence-electron chi connectivity index (χ4n) is 4.26. The maximum absolute atomic E-state index is 11.4. The number of hydrogen-bond donors (Lipinski definition) is 2. The van der Waals surface area contributed by atoms with E-state index in [1.165, 1.54) is 0 Å². The van der Waals surface area contributed by atoms with E-state index in [9.17, 15) is 9.90 Å². The lowest BCUT2D eigenvalue weighted by atomic mass is 10.0. The van der Waals surface area contributed by atoms with E-state index < -0.39 is 5.97 Å². The number of carboxylic acids is 1. The number of aromatic carboxylic acids is 1. The van der Waals surface area contributed by atoms with Gasteiger partial charge in [-0.05, 0) is 79.8 Å². The van der Waals surface area contributed by atoms with E-state index in [0.717, 1.165) is 17.1 Å². The molecule has 1 aliphatic heterocycles. The fraction of sp³-hybridized carbons (Fsp3) is 0.148. The first-order valence-electron chi connectivity index (χ1n) is 11.2. The van der Waals surface area contributed by atoms with Crippen LogP contribution in [-0.2, 0) is 0 Å². The van der Waals surface area contributed by atoms with Gasteiger partial charge in [-0.1, -0.05) is 18.2 Å². The number of aromatic nitrogens is 1. The minimum atomic E-state index is -0.985. The van der Waals surface area contributed by atoms with Gasteiger partial charge in [0.05, 0.1) is 23.9 Å². The van der Waals surface area contributed by atoms with Gasteiger partial charge in [-0.25, -0.2) is 4.79 Å². The third-order valence-electron chi connectivity index (χ3n) is 5.84. The van der Waals surface area contributed by atoms with Crippen LogP contribution in [0.2, 0.25) is 0 Å². The summed E-state index contributed by atoms with van der Waals surface area (Å²) in [4.78, 5) is 18.0. The lowest BCUT2D eigenvalue weighted by Gasteiger charge is -2.26. The van der Waals surface area contributed by atoms with Gasteiger partial charge in [0.15, 0.2) is 5.11 Å². The maximum Gasteiger partial charge on any atom is 0.335 e. The van der Waals surface area contributed by atoms with Crippen LogP contribution in [0.25, 0.3) is 11.3 Å². The van der Waals surface area contributed by atoms with E-state index in [1.54, 1.807) is 24.4 Å². The van der Waals surface area contributed by atoms with E-state index in [0.29, 0.717) is 28.8 Å². The smallest absolute Gasteiger partial charge is 0.335 e. The standard InChI is InChI=1S/C27H23N3O4S/c1-2-33-20-11-9-19(10-12-20)30-25(24(29-27(30)35)21-8-3-4-15-28-21)23-14-13-22(34-23)17-6-5-7-18(16-17)26(31)32/h3-16,24-25H,2H2,1H3,(H,29,35)(H,31,32)/t24-,25+/m1/s1. The highest BCUT2D eigenvalue weighted by Crippen LogP contribution is 2.43. The summed E-state index contributed by atoms with van der Waals surface area (Å²) in [6.07, 6.45) is 1.75. The average molecular weight is 486 g/mol. The Morgan fingerprint density at radius 2 is 1.94 bits per heavy atom. The molecule has 0 amide bonds. The number of ether oxygens (including phenoxy) is 1. The first-order valence-corrected chi connectivity index (χ1v) is 11.6. The SMILES string of the molecule is CCOc1ccc(N2C(=S)N[C@H](c3ccccn3)[C@@H]2c2ccc(-c3cccc(C(=O)O)c3)o2)cc1. The van der Waals surface area contributed by atoms with Crippen molar-refractivity contribution in [2.24, 2.45) is 0 Å². The van der Waals surface area contributed by atoms with Crippen LogP contribution in [0.3, 0.4) is 0 Å².